The van der Waals surface area contributed by atoms with Crippen LogP contribution in [0.1, 0.15) is 32.1 Å². The number of quaternary nitrogens is 1. The van der Waals surface area contributed by atoms with E-state index in [2.05, 4.69) is 16.0 Å². The molecule has 0 spiro atoms. The number of carbonyl (C=O) groups excluding carboxylic acids is 2. The van der Waals surface area contributed by atoms with Gasteiger partial charge in [-0.15, -0.1) is 0 Å². The zero-order chi connectivity index (χ0) is 17.2. The average Bonchev–Trinajstić information content (AvgIpc) is 2.62. The van der Waals surface area contributed by atoms with Crippen LogP contribution in [0.15, 0.2) is 18.2 Å². The number of fused-ring (bicyclic) bond motifs is 2. The van der Waals surface area contributed by atoms with E-state index in [1.807, 2.05) is 0 Å². The Morgan fingerprint density at radius 1 is 1.20 bits per heavy atom. The van der Waals surface area contributed by atoms with Crippen LogP contribution in [-0.4, -0.2) is 43.2 Å². The number of nitrogens with two attached hydrogens (primary N) is 1. The predicted octanol–water partition coefficient (Wildman–Crippen LogP) is 0.159. The van der Waals surface area contributed by atoms with Crippen LogP contribution in [0.4, 0.5) is 5.69 Å². The lowest BCUT2D eigenvalue weighted by Gasteiger charge is -2.37. The van der Waals surface area contributed by atoms with E-state index in [1.54, 1.807) is 18.2 Å². The number of nitrogens with one attached hydrogen (secondary N) is 2. The van der Waals surface area contributed by atoms with E-state index in [-0.39, 0.29) is 30.3 Å². The highest BCUT2D eigenvalue weighted by atomic mass is 16.6. The Kier molecular flexibility index (Phi) is 4.48. The van der Waals surface area contributed by atoms with Gasteiger partial charge >= 0.3 is 0 Å². The molecule has 25 heavy (non-hydrogen) atoms. The van der Waals surface area contributed by atoms with Gasteiger partial charge in [0, 0.05) is 18.2 Å². The van der Waals surface area contributed by atoms with Crippen molar-refractivity contribution in [1.82, 2.24) is 5.32 Å². The minimum Gasteiger partial charge on any atom is -0.486 e. The van der Waals surface area contributed by atoms with Crippen LogP contribution < -0.4 is 25.4 Å². The molecule has 1 aromatic rings. The fourth-order valence-corrected chi connectivity index (χ4v) is 3.94. The summed E-state index contributed by atoms with van der Waals surface area (Å²) in [7, 11) is 0. The molecule has 0 bridgehead atoms. The molecule has 4 N–H and O–H groups in total. The molecule has 134 valence electrons. The fraction of sp³-hybridized carbons (Fsp3) is 0.556. The van der Waals surface area contributed by atoms with Crippen LogP contribution in [0.25, 0.3) is 0 Å². The predicted molar refractivity (Wildman–Crippen MR) is 90.6 cm³/mol. The Morgan fingerprint density at radius 2 is 2.00 bits per heavy atom. The summed E-state index contributed by atoms with van der Waals surface area (Å²) in [5.74, 6) is 1.13. The molecule has 2 fully saturated rings. The smallest absolute Gasteiger partial charge is 0.279 e. The number of hydrogen-bond acceptors (Lipinski definition) is 4. The zero-order valence-corrected chi connectivity index (χ0v) is 14.1. The molecule has 0 radical (unpaired) electrons. The summed E-state index contributed by atoms with van der Waals surface area (Å²) in [5, 5.41) is 8.04. The number of anilines is 1. The van der Waals surface area contributed by atoms with Crippen LogP contribution >= 0.6 is 0 Å². The Bertz CT molecular complexity index is 678. The number of piperazine rings is 1. The first-order valence-electron chi connectivity index (χ1n) is 9.04. The van der Waals surface area contributed by atoms with Gasteiger partial charge in [0.1, 0.15) is 19.3 Å². The first-order chi connectivity index (χ1) is 12.2. The lowest BCUT2D eigenvalue weighted by Crippen LogP contribution is -3.03. The van der Waals surface area contributed by atoms with Gasteiger partial charge < -0.3 is 25.4 Å². The van der Waals surface area contributed by atoms with Crippen molar-refractivity contribution in [3.05, 3.63) is 18.2 Å². The summed E-state index contributed by atoms with van der Waals surface area (Å²) in [6.45, 7) is 1.04. The summed E-state index contributed by atoms with van der Waals surface area (Å²) in [6, 6.07) is 5.64. The topological polar surface area (TPSA) is 93.3 Å². The highest BCUT2D eigenvalue weighted by Crippen LogP contribution is 2.32. The molecule has 0 aromatic heterocycles. The second-order valence-electron chi connectivity index (χ2n) is 6.97. The largest absolute Gasteiger partial charge is 0.486 e. The van der Waals surface area contributed by atoms with Crippen molar-refractivity contribution in [1.29, 1.82) is 0 Å². The van der Waals surface area contributed by atoms with Crippen LogP contribution in [-0.2, 0) is 9.59 Å². The molecule has 1 aromatic carbocycles. The molecule has 1 saturated heterocycles. The molecule has 2 aliphatic heterocycles. The lowest BCUT2D eigenvalue weighted by molar-refractivity contribution is -0.718. The molecule has 3 atom stereocenters. The molecule has 2 heterocycles. The molecular formula is C18H24N3O4+. The number of amides is 2. The maximum absolute atomic E-state index is 12.4. The lowest BCUT2D eigenvalue weighted by atomic mass is 9.87. The van der Waals surface area contributed by atoms with Crippen LogP contribution in [0.3, 0.4) is 0 Å². The number of rotatable bonds is 3. The Hall–Kier alpha value is -2.28. The van der Waals surface area contributed by atoms with Crippen molar-refractivity contribution in [3.8, 4) is 11.5 Å². The maximum atomic E-state index is 12.4. The van der Waals surface area contributed by atoms with Gasteiger partial charge in [-0.1, -0.05) is 6.42 Å². The van der Waals surface area contributed by atoms with E-state index >= 15 is 0 Å². The van der Waals surface area contributed by atoms with Gasteiger partial charge in [0.25, 0.3) is 5.91 Å². The van der Waals surface area contributed by atoms with Crippen molar-refractivity contribution in [2.45, 2.75) is 50.2 Å². The van der Waals surface area contributed by atoms with Crippen LogP contribution in [0.2, 0.25) is 0 Å². The van der Waals surface area contributed by atoms with Crippen LogP contribution in [0, 0.1) is 0 Å². The molecule has 7 nitrogen and oxygen atoms in total. The minimum absolute atomic E-state index is 0.0273. The number of benzene rings is 1. The highest BCUT2D eigenvalue weighted by Gasteiger charge is 2.40. The Balaban J connectivity index is 1.36. The standard InChI is InChI=1S/C18H23N3O4/c22-17(19-11-5-6-15-16(9-11)25-8-7-24-15)10-14-18(23)21-13-4-2-1-3-12(13)20-14/h5-6,9,12-14,20H,1-4,7-8,10H2,(H,19,22)(H,21,23)/p+1/t12-,13-,14+/m0/s1. The van der Waals surface area contributed by atoms with E-state index in [1.165, 1.54) is 12.8 Å². The third kappa shape index (κ3) is 3.56. The van der Waals surface area contributed by atoms with Gasteiger partial charge in [-0.2, -0.15) is 0 Å². The quantitative estimate of drug-likeness (QED) is 0.727. The first kappa shape index (κ1) is 16.2. The summed E-state index contributed by atoms with van der Waals surface area (Å²) >= 11 is 0. The molecule has 3 aliphatic rings. The van der Waals surface area contributed by atoms with Gasteiger partial charge in [0.05, 0.1) is 12.5 Å². The van der Waals surface area contributed by atoms with Gasteiger partial charge in [-0.05, 0) is 25.0 Å². The molecular weight excluding hydrogens is 322 g/mol. The third-order valence-electron chi connectivity index (χ3n) is 5.19. The maximum Gasteiger partial charge on any atom is 0.279 e. The Labute approximate surface area is 146 Å². The second kappa shape index (κ2) is 6.92. The van der Waals surface area contributed by atoms with Gasteiger partial charge in [-0.3, -0.25) is 9.59 Å². The summed E-state index contributed by atoms with van der Waals surface area (Å²) in [4.78, 5) is 24.6. The van der Waals surface area contributed by atoms with Gasteiger partial charge in [0.2, 0.25) is 5.91 Å². The van der Waals surface area contributed by atoms with Crippen molar-refractivity contribution < 1.29 is 24.4 Å². The van der Waals surface area contributed by atoms with Crippen molar-refractivity contribution in [2.75, 3.05) is 18.5 Å². The summed E-state index contributed by atoms with van der Waals surface area (Å²) in [5.41, 5.74) is 0.654. The SMILES string of the molecule is O=C(C[C@H]1[NH2+][C@H]2CCCC[C@@H]2NC1=O)Nc1ccc2c(c1)OCCO2. The summed E-state index contributed by atoms with van der Waals surface area (Å²) < 4.78 is 11.0. The van der Waals surface area contributed by atoms with Crippen molar-refractivity contribution in [2.24, 2.45) is 0 Å². The number of ether oxygens (including phenoxy) is 2. The first-order valence-corrected chi connectivity index (χ1v) is 9.04. The summed E-state index contributed by atoms with van der Waals surface area (Å²) in [6.07, 6.45) is 4.69. The molecule has 7 heteroatoms. The van der Waals surface area contributed by atoms with Crippen LogP contribution in [0.5, 0.6) is 11.5 Å². The highest BCUT2D eigenvalue weighted by molar-refractivity contribution is 5.95. The fourth-order valence-electron chi connectivity index (χ4n) is 3.94. The zero-order valence-electron chi connectivity index (χ0n) is 14.1. The number of hydrogen-bond donors (Lipinski definition) is 3. The third-order valence-corrected chi connectivity index (χ3v) is 5.19. The van der Waals surface area contributed by atoms with Crippen molar-refractivity contribution >= 4 is 17.5 Å². The van der Waals surface area contributed by atoms with Gasteiger partial charge in [-0.25, -0.2) is 0 Å². The molecule has 0 unspecified atom stereocenters. The molecule has 4 rings (SSSR count). The minimum atomic E-state index is -0.350. The van der Waals surface area contributed by atoms with Gasteiger partial charge in [0.15, 0.2) is 17.5 Å². The number of carbonyl (C=O) groups is 2. The van der Waals surface area contributed by atoms with E-state index in [9.17, 15) is 9.59 Å². The second-order valence-corrected chi connectivity index (χ2v) is 6.97. The van der Waals surface area contributed by atoms with E-state index in [4.69, 9.17) is 9.47 Å². The molecule has 1 saturated carbocycles. The van der Waals surface area contributed by atoms with E-state index < -0.39 is 0 Å². The molecule has 1 aliphatic carbocycles. The Morgan fingerprint density at radius 3 is 2.88 bits per heavy atom. The molecule has 2 amide bonds. The normalized spacial score (nSPS) is 27.8. The monoisotopic (exact) mass is 346 g/mol. The average molecular weight is 346 g/mol. The van der Waals surface area contributed by atoms with Crippen molar-refractivity contribution in [3.63, 3.8) is 0 Å². The van der Waals surface area contributed by atoms with E-state index in [0.29, 0.717) is 36.4 Å². The van der Waals surface area contributed by atoms with E-state index in [0.717, 1.165) is 12.8 Å².